The van der Waals surface area contributed by atoms with E-state index in [9.17, 15) is 22.4 Å². The zero-order valence-corrected chi connectivity index (χ0v) is 18.3. The second-order valence-electron chi connectivity index (χ2n) is 7.75. The summed E-state index contributed by atoms with van der Waals surface area (Å²) in [7, 11) is -3.73. The molecule has 0 unspecified atom stereocenters. The molecule has 1 aliphatic heterocycles. The Morgan fingerprint density at radius 3 is 2.50 bits per heavy atom. The number of nitrogens with zero attached hydrogens (tertiary/aromatic N) is 2. The molecule has 3 aromatic rings. The van der Waals surface area contributed by atoms with E-state index in [1.165, 1.54) is 16.4 Å². The summed E-state index contributed by atoms with van der Waals surface area (Å²) in [5.41, 5.74) is 1.48. The molecule has 0 saturated carbocycles. The number of fused-ring (bicyclic) bond motifs is 1. The SMILES string of the molecule is C[C@@H](C(=O)Nc1ccc2[nH]c(=O)[nH]c2c1)N1CCCN(S(=O)(=O)c2ccc(F)cc2)CC1. The standard InChI is InChI=1S/C21H24FN5O4S/c1-14(20(28)23-16-5-8-18-19(13-16)25-21(29)24-18)26-9-2-10-27(12-11-26)32(30,31)17-6-3-15(22)4-7-17/h3-8,13-14H,2,9-12H2,1H3,(H,23,28)(H2,24,25,29)/t14-/m0/s1. The van der Waals surface area contributed by atoms with Gasteiger partial charge in [-0.3, -0.25) is 9.69 Å². The fourth-order valence-electron chi connectivity index (χ4n) is 3.82. The van der Waals surface area contributed by atoms with Gasteiger partial charge in [-0.2, -0.15) is 4.31 Å². The number of anilines is 1. The number of carbonyl (C=O) groups excluding carboxylic acids is 1. The number of H-pyrrole nitrogens is 2. The van der Waals surface area contributed by atoms with E-state index in [-0.39, 0.29) is 23.0 Å². The molecule has 32 heavy (non-hydrogen) atoms. The zero-order valence-electron chi connectivity index (χ0n) is 17.5. The molecule has 2 heterocycles. The summed E-state index contributed by atoms with van der Waals surface area (Å²) in [6, 6.07) is 9.39. The topological polar surface area (TPSA) is 118 Å². The molecule has 1 saturated heterocycles. The number of hydrogen-bond donors (Lipinski definition) is 3. The highest BCUT2D eigenvalue weighted by Crippen LogP contribution is 2.20. The van der Waals surface area contributed by atoms with E-state index in [0.29, 0.717) is 42.8 Å². The number of benzene rings is 2. The summed E-state index contributed by atoms with van der Waals surface area (Å²) in [4.78, 5) is 31.5. The van der Waals surface area contributed by atoms with E-state index in [4.69, 9.17) is 0 Å². The number of aromatic amines is 2. The van der Waals surface area contributed by atoms with E-state index in [1.807, 2.05) is 4.90 Å². The van der Waals surface area contributed by atoms with Crippen molar-refractivity contribution in [3.8, 4) is 0 Å². The van der Waals surface area contributed by atoms with E-state index in [1.54, 1.807) is 25.1 Å². The predicted molar refractivity (Wildman–Crippen MR) is 118 cm³/mol. The number of imidazole rings is 1. The Morgan fingerprint density at radius 1 is 1.03 bits per heavy atom. The first-order valence-electron chi connectivity index (χ1n) is 10.3. The van der Waals surface area contributed by atoms with Gasteiger partial charge in [-0.15, -0.1) is 0 Å². The van der Waals surface area contributed by atoms with Crippen LogP contribution in [0.2, 0.25) is 0 Å². The Kier molecular flexibility index (Phi) is 6.13. The van der Waals surface area contributed by atoms with Crippen LogP contribution in [0.1, 0.15) is 13.3 Å². The second kappa shape index (κ2) is 8.85. The molecule has 0 radical (unpaired) electrons. The minimum absolute atomic E-state index is 0.0522. The molecular formula is C21H24FN5O4S. The van der Waals surface area contributed by atoms with Crippen molar-refractivity contribution in [1.29, 1.82) is 0 Å². The Bertz CT molecular complexity index is 1290. The molecule has 4 rings (SSSR count). The fraction of sp³-hybridized carbons (Fsp3) is 0.333. The van der Waals surface area contributed by atoms with Gasteiger partial charge in [-0.05, 0) is 55.8 Å². The van der Waals surface area contributed by atoms with Crippen LogP contribution in [-0.4, -0.2) is 65.7 Å². The molecule has 9 nitrogen and oxygen atoms in total. The van der Waals surface area contributed by atoms with Crippen molar-refractivity contribution >= 4 is 32.7 Å². The van der Waals surface area contributed by atoms with Crippen LogP contribution >= 0.6 is 0 Å². The van der Waals surface area contributed by atoms with Crippen molar-refractivity contribution in [3.63, 3.8) is 0 Å². The lowest BCUT2D eigenvalue weighted by atomic mass is 10.2. The molecule has 11 heteroatoms. The van der Waals surface area contributed by atoms with Crippen LogP contribution in [0.3, 0.4) is 0 Å². The first-order valence-corrected chi connectivity index (χ1v) is 11.7. The highest BCUT2D eigenvalue weighted by molar-refractivity contribution is 7.89. The van der Waals surface area contributed by atoms with Gasteiger partial charge in [-0.25, -0.2) is 17.6 Å². The fourth-order valence-corrected chi connectivity index (χ4v) is 5.29. The van der Waals surface area contributed by atoms with Crippen molar-refractivity contribution in [2.24, 2.45) is 0 Å². The number of halogens is 1. The van der Waals surface area contributed by atoms with Crippen molar-refractivity contribution < 1.29 is 17.6 Å². The zero-order chi connectivity index (χ0) is 22.9. The molecule has 1 atom stereocenters. The molecule has 1 aliphatic rings. The lowest BCUT2D eigenvalue weighted by molar-refractivity contribution is -0.120. The van der Waals surface area contributed by atoms with Crippen LogP contribution in [0.15, 0.2) is 52.2 Å². The van der Waals surface area contributed by atoms with Gasteiger partial charge in [0.05, 0.1) is 22.0 Å². The number of carbonyl (C=O) groups is 1. The Hall–Kier alpha value is -3.02. The molecule has 0 spiro atoms. The van der Waals surface area contributed by atoms with E-state index in [0.717, 1.165) is 12.1 Å². The van der Waals surface area contributed by atoms with Crippen molar-refractivity contribution in [3.05, 3.63) is 58.8 Å². The summed E-state index contributed by atoms with van der Waals surface area (Å²) >= 11 is 0. The Balaban J connectivity index is 1.41. The molecule has 1 aromatic heterocycles. The van der Waals surface area contributed by atoms with Crippen LogP contribution in [0.5, 0.6) is 0 Å². The van der Waals surface area contributed by atoms with Gasteiger partial charge < -0.3 is 15.3 Å². The van der Waals surface area contributed by atoms with Crippen LogP contribution < -0.4 is 11.0 Å². The number of nitrogens with one attached hydrogen (secondary N) is 3. The maximum Gasteiger partial charge on any atom is 0.323 e. The third kappa shape index (κ3) is 4.59. The van der Waals surface area contributed by atoms with Gasteiger partial charge in [0.25, 0.3) is 0 Å². The van der Waals surface area contributed by atoms with Gasteiger partial charge in [0.1, 0.15) is 5.82 Å². The monoisotopic (exact) mass is 461 g/mol. The van der Waals surface area contributed by atoms with Gasteiger partial charge in [0, 0.05) is 31.9 Å². The van der Waals surface area contributed by atoms with Gasteiger partial charge in [0.15, 0.2) is 0 Å². The van der Waals surface area contributed by atoms with Crippen LogP contribution in [-0.2, 0) is 14.8 Å². The molecule has 1 fully saturated rings. The average Bonchev–Trinajstić information content (AvgIpc) is 2.96. The lowest BCUT2D eigenvalue weighted by Crippen LogP contribution is -2.44. The molecule has 3 N–H and O–H groups in total. The third-order valence-corrected chi connectivity index (χ3v) is 7.56. The number of rotatable bonds is 5. The highest BCUT2D eigenvalue weighted by Gasteiger charge is 2.30. The quantitative estimate of drug-likeness (QED) is 0.535. The highest BCUT2D eigenvalue weighted by atomic mass is 32.2. The number of hydrogen-bond acceptors (Lipinski definition) is 5. The molecule has 0 bridgehead atoms. The number of sulfonamides is 1. The van der Waals surface area contributed by atoms with E-state index < -0.39 is 21.9 Å². The molecule has 1 amide bonds. The van der Waals surface area contributed by atoms with E-state index in [2.05, 4.69) is 15.3 Å². The van der Waals surface area contributed by atoms with Gasteiger partial charge in [-0.1, -0.05) is 0 Å². The van der Waals surface area contributed by atoms with Gasteiger partial charge in [0.2, 0.25) is 15.9 Å². The third-order valence-electron chi connectivity index (χ3n) is 5.65. The van der Waals surface area contributed by atoms with Crippen LogP contribution in [0.4, 0.5) is 10.1 Å². The molecule has 2 aromatic carbocycles. The Labute approximate surface area is 184 Å². The average molecular weight is 462 g/mol. The van der Waals surface area contributed by atoms with Crippen molar-refractivity contribution in [2.45, 2.75) is 24.3 Å². The summed E-state index contributed by atoms with van der Waals surface area (Å²) in [6.07, 6.45) is 0.564. The Morgan fingerprint density at radius 2 is 1.75 bits per heavy atom. The van der Waals surface area contributed by atoms with Crippen LogP contribution in [0.25, 0.3) is 11.0 Å². The maximum atomic E-state index is 13.2. The summed E-state index contributed by atoms with van der Waals surface area (Å²) in [5.74, 6) is -0.718. The number of amides is 1. The van der Waals surface area contributed by atoms with Crippen LogP contribution in [0, 0.1) is 5.82 Å². The second-order valence-corrected chi connectivity index (χ2v) is 9.69. The lowest BCUT2D eigenvalue weighted by Gasteiger charge is -2.27. The first-order chi connectivity index (χ1) is 15.2. The molecule has 0 aliphatic carbocycles. The normalized spacial score (nSPS) is 17.2. The summed E-state index contributed by atoms with van der Waals surface area (Å²) in [5, 5.41) is 2.85. The predicted octanol–water partition coefficient (Wildman–Crippen LogP) is 1.72. The minimum atomic E-state index is -3.73. The largest absolute Gasteiger partial charge is 0.325 e. The summed E-state index contributed by atoms with van der Waals surface area (Å²) < 4.78 is 40.3. The molecular weight excluding hydrogens is 437 g/mol. The van der Waals surface area contributed by atoms with E-state index >= 15 is 0 Å². The smallest absolute Gasteiger partial charge is 0.323 e. The first kappa shape index (κ1) is 22.2. The number of aromatic nitrogens is 2. The summed E-state index contributed by atoms with van der Waals surface area (Å²) in [6.45, 7) is 3.28. The van der Waals surface area contributed by atoms with Crippen molar-refractivity contribution in [2.75, 3.05) is 31.5 Å². The maximum absolute atomic E-state index is 13.2. The van der Waals surface area contributed by atoms with Gasteiger partial charge >= 0.3 is 5.69 Å². The molecule has 170 valence electrons. The minimum Gasteiger partial charge on any atom is -0.325 e. The van der Waals surface area contributed by atoms with Crippen molar-refractivity contribution in [1.82, 2.24) is 19.2 Å².